The molecule has 1 aliphatic heterocycles. The van der Waals surface area contributed by atoms with Crippen LogP contribution in [0.2, 0.25) is 0 Å². The minimum atomic E-state index is -0.305. The average Bonchev–Trinajstić information content (AvgIpc) is 2.77. The van der Waals surface area contributed by atoms with Crippen LogP contribution >= 0.6 is 0 Å². The van der Waals surface area contributed by atoms with Crippen LogP contribution in [0.3, 0.4) is 0 Å². The van der Waals surface area contributed by atoms with Crippen LogP contribution in [0.1, 0.15) is 18.7 Å². The second-order valence-electron chi connectivity index (χ2n) is 6.02. The fraction of sp³-hybridized carbons (Fsp3) is 0.211. The van der Waals surface area contributed by atoms with E-state index in [1.54, 1.807) is 28.8 Å². The van der Waals surface area contributed by atoms with Crippen LogP contribution in [0.25, 0.3) is 22.0 Å². The van der Waals surface area contributed by atoms with Crippen LogP contribution in [0, 0.1) is 5.82 Å². The number of nitrogens with zero attached hydrogens (tertiary/aromatic N) is 2. The van der Waals surface area contributed by atoms with Gasteiger partial charge in [-0.05, 0) is 35.4 Å². The first-order valence-corrected chi connectivity index (χ1v) is 7.93. The Balaban J connectivity index is 1.89. The molecule has 0 amide bonds. The van der Waals surface area contributed by atoms with Gasteiger partial charge in [0.2, 0.25) is 0 Å². The first kappa shape index (κ1) is 14.8. The molecule has 3 aromatic rings. The zero-order chi connectivity index (χ0) is 16.7. The second kappa shape index (κ2) is 5.67. The average molecular weight is 322 g/mol. The first-order valence-electron chi connectivity index (χ1n) is 7.93. The van der Waals surface area contributed by atoms with E-state index in [0.29, 0.717) is 42.5 Å². The van der Waals surface area contributed by atoms with Crippen molar-refractivity contribution in [3.63, 3.8) is 0 Å². The monoisotopic (exact) mass is 322 g/mol. The number of fused-ring (bicyclic) bond motifs is 2. The van der Waals surface area contributed by atoms with Gasteiger partial charge in [0.1, 0.15) is 17.4 Å². The van der Waals surface area contributed by atoms with Crippen LogP contribution in [-0.4, -0.2) is 15.3 Å². The summed E-state index contributed by atoms with van der Waals surface area (Å²) in [5.41, 5.74) is 2.02. The fourth-order valence-corrected chi connectivity index (χ4v) is 3.15. The molecule has 0 N–H and O–H groups in total. The number of rotatable bonds is 1. The standard InChI is InChI=1S/C19H15FN2O2/c20-14-3-1-2-12(10-14)13-4-6-16-17(11-13)21-18-7-5-15(23)8-9-22(18)19(16)24/h1-4,6,10-11H,5,7-9H2. The lowest BCUT2D eigenvalue weighted by Gasteiger charge is -2.10. The Labute approximate surface area is 137 Å². The van der Waals surface area contributed by atoms with Gasteiger partial charge >= 0.3 is 0 Å². The Hall–Kier alpha value is -2.82. The molecule has 4 nitrogen and oxygen atoms in total. The zero-order valence-corrected chi connectivity index (χ0v) is 13.0. The molecule has 0 aliphatic carbocycles. The van der Waals surface area contributed by atoms with E-state index < -0.39 is 0 Å². The van der Waals surface area contributed by atoms with Crippen molar-refractivity contribution in [2.45, 2.75) is 25.8 Å². The summed E-state index contributed by atoms with van der Waals surface area (Å²) >= 11 is 0. The molecule has 2 aromatic carbocycles. The molecule has 4 rings (SSSR count). The minimum Gasteiger partial charge on any atom is -0.300 e. The van der Waals surface area contributed by atoms with E-state index in [-0.39, 0.29) is 17.2 Å². The van der Waals surface area contributed by atoms with E-state index in [9.17, 15) is 14.0 Å². The topological polar surface area (TPSA) is 52.0 Å². The number of hydrogen-bond donors (Lipinski definition) is 0. The van der Waals surface area contributed by atoms with E-state index in [4.69, 9.17) is 0 Å². The molecule has 1 aromatic heterocycles. The van der Waals surface area contributed by atoms with Crippen molar-refractivity contribution in [1.29, 1.82) is 0 Å². The predicted molar refractivity (Wildman–Crippen MR) is 89.3 cm³/mol. The molecule has 0 spiro atoms. The molecule has 0 bridgehead atoms. The summed E-state index contributed by atoms with van der Waals surface area (Å²) in [4.78, 5) is 28.9. The summed E-state index contributed by atoms with van der Waals surface area (Å²) in [5, 5.41) is 0.522. The van der Waals surface area contributed by atoms with E-state index in [1.807, 2.05) is 6.07 Å². The number of ketones is 1. The molecular formula is C19H15FN2O2. The molecule has 0 fully saturated rings. The van der Waals surface area contributed by atoms with E-state index in [1.165, 1.54) is 12.1 Å². The van der Waals surface area contributed by atoms with Gasteiger partial charge in [-0.15, -0.1) is 0 Å². The molecule has 1 aliphatic rings. The van der Waals surface area contributed by atoms with E-state index >= 15 is 0 Å². The minimum absolute atomic E-state index is 0.115. The van der Waals surface area contributed by atoms with Gasteiger partial charge in [-0.3, -0.25) is 14.2 Å². The molecular weight excluding hydrogens is 307 g/mol. The Kier molecular flexibility index (Phi) is 3.49. The maximum Gasteiger partial charge on any atom is 0.261 e. The van der Waals surface area contributed by atoms with Gasteiger partial charge in [0.15, 0.2) is 0 Å². The summed E-state index contributed by atoms with van der Waals surface area (Å²) in [5.74, 6) is 0.500. The van der Waals surface area contributed by atoms with Crippen molar-refractivity contribution in [3.05, 3.63) is 64.5 Å². The summed E-state index contributed by atoms with van der Waals surface area (Å²) in [7, 11) is 0. The summed E-state index contributed by atoms with van der Waals surface area (Å²) in [6.07, 6.45) is 1.28. The van der Waals surface area contributed by atoms with Crippen molar-refractivity contribution in [3.8, 4) is 11.1 Å². The highest BCUT2D eigenvalue weighted by Gasteiger charge is 2.17. The number of carbonyl (C=O) groups excluding carboxylic acids is 1. The second-order valence-corrected chi connectivity index (χ2v) is 6.02. The third-order valence-corrected chi connectivity index (χ3v) is 4.43. The number of halogens is 1. The van der Waals surface area contributed by atoms with Crippen LogP contribution in [0.15, 0.2) is 47.3 Å². The van der Waals surface area contributed by atoms with Gasteiger partial charge in [-0.25, -0.2) is 9.37 Å². The number of aryl methyl sites for hydroxylation is 1. The van der Waals surface area contributed by atoms with Crippen LogP contribution in [0.5, 0.6) is 0 Å². The third kappa shape index (κ3) is 2.52. The normalized spacial score (nSPS) is 14.5. The van der Waals surface area contributed by atoms with Crippen LogP contribution < -0.4 is 5.56 Å². The fourth-order valence-electron chi connectivity index (χ4n) is 3.15. The van der Waals surface area contributed by atoms with E-state index in [0.717, 1.165) is 11.1 Å². The van der Waals surface area contributed by atoms with Crippen molar-refractivity contribution in [2.24, 2.45) is 0 Å². The highest BCUT2D eigenvalue weighted by molar-refractivity contribution is 5.84. The molecule has 0 saturated carbocycles. The van der Waals surface area contributed by atoms with E-state index in [2.05, 4.69) is 4.98 Å². The molecule has 0 atom stereocenters. The molecule has 24 heavy (non-hydrogen) atoms. The van der Waals surface area contributed by atoms with Crippen LogP contribution in [0.4, 0.5) is 4.39 Å². The Morgan fingerprint density at radius 2 is 1.79 bits per heavy atom. The number of aromatic nitrogens is 2. The third-order valence-electron chi connectivity index (χ3n) is 4.43. The molecule has 0 saturated heterocycles. The maximum absolute atomic E-state index is 13.4. The van der Waals surface area contributed by atoms with Crippen molar-refractivity contribution in [1.82, 2.24) is 9.55 Å². The predicted octanol–water partition coefficient (Wildman–Crippen LogP) is 3.11. The van der Waals surface area contributed by atoms with Crippen LogP contribution in [-0.2, 0) is 17.8 Å². The first-order chi connectivity index (χ1) is 11.6. The highest BCUT2D eigenvalue weighted by atomic mass is 19.1. The number of hydrogen-bond acceptors (Lipinski definition) is 3. The van der Waals surface area contributed by atoms with Gasteiger partial charge in [-0.1, -0.05) is 18.2 Å². The van der Waals surface area contributed by atoms with Crippen molar-refractivity contribution in [2.75, 3.05) is 0 Å². The van der Waals surface area contributed by atoms with Gasteiger partial charge < -0.3 is 0 Å². The molecule has 120 valence electrons. The Morgan fingerprint density at radius 1 is 0.958 bits per heavy atom. The lowest BCUT2D eigenvalue weighted by Crippen LogP contribution is -2.24. The summed E-state index contributed by atoms with van der Waals surface area (Å²) in [6, 6.07) is 11.7. The van der Waals surface area contributed by atoms with Gasteiger partial charge in [-0.2, -0.15) is 0 Å². The molecule has 2 heterocycles. The number of benzene rings is 2. The quantitative estimate of drug-likeness (QED) is 0.692. The Bertz CT molecular complexity index is 1020. The largest absolute Gasteiger partial charge is 0.300 e. The molecule has 0 radical (unpaired) electrons. The summed E-state index contributed by atoms with van der Waals surface area (Å²) < 4.78 is 15.0. The molecule has 5 heteroatoms. The highest BCUT2D eigenvalue weighted by Crippen LogP contribution is 2.23. The number of carbonyl (C=O) groups is 1. The lowest BCUT2D eigenvalue weighted by atomic mass is 10.0. The smallest absolute Gasteiger partial charge is 0.261 e. The SMILES string of the molecule is O=C1CCc2nc3cc(-c4cccc(F)c4)ccc3c(=O)n2CC1. The van der Waals surface area contributed by atoms with Crippen molar-refractivity contribution < 1.29 is 9.18 Å². The molecule has 0 unspecified atom stereocenters. The van der Waals surface area contributed by atoms with Crippen molar-refractivity contribution >= 4 is 16.7 Å². The number of Topliss-reactive ketones (excluding diaryl/α,β-unsaturated/α-hetero) is 1. The summed E-state index contributed by atoms with van der Waals surface area (Å²) in [6.45, 7) is 0.390. The lowest BCUT2D eigenvalue weighted by molar-refractivity contribution is -0.119. The van der Waals surface area contributed by atoms with Gasteiger partial charge in [0.25, 0.3) is 5.56 Å². The van der Waals surface area contributed by atoms with Gasteiger partial charge in [0.05, 0.1) is 10.9 Å². The Morgan fingerprint density at radius 3 is 2.62 bits per heavy atom. The van der Waals surface area contributed by atoms with Gasteiger partial charge in [0, 0.05) is 25.8 Å². The maximum atomic E-state index is 13.4. The zero-order valence-electron chi connectivity index (χ0n) is 13.0.